The molecule has 0 spiro atoms. The maximum absolute atomic E-state index is 12.0. The lowest BCUT2D eigenvalue weighted by Crippen LogP contribution is -2.66. The molecule has 7 fully saturated rings. The van der Waals surface area contributed by atoms with E-state index in [2.05, 4.69) is 26.8 Å². The fourth-order valence-electron chi connectivity index (χ4n) is 13.5. The predicted molar refractivity (Wildman–Crippen MR) is 216 cm³/mol. The Labute approximate surface area is 364 Å². The quantitative estimate of drug-likeness (QED) is 0.124. The van der Waals surface area contributed by atoms with Crippen molar-refractivity contribution in [1.29, 1.82) is 0 Å². The second-order valence-corrected chi connectivity index (χ2v) is 21.0. The molecule has 26 atom stereocenters. The van der Waals surface area contributed by atoms with Crippen LogP contribution < -0.4 is 0 Å². The van der Waals surface area contributed by atoms with Gasteiger partial charge in [0.15, 0.2) is 24.7 Å². The predicted octanol–water partition coefficient (Wildman–Crippen LogP) is 0.196. The van der Waals surface area contributed by atoms with Gasteiger partial charge in [0.1, 0.15) is 61.0 Å². The lowest BCUT2D eigenvalue weighted by atomic mass is 9.47. The minimum Gasteiger partial charge on any atom is -0.396 e. The van der Waals surface area contributed by atoms with Gasteiger partial charge in [0.2, 0.25) is 0 Å². The van der Waals surface area contributed by atoms with E-state index in [1.165, 1.54) is 19.4 Å². The van der Waals surface area contributed by atoms with Crippen LogP contribution in [0, 0.1) is 46.3 Å². The van der Waals surface area contributed by atoms with Crippen LogP contribution in [-0.4, -0.2) is 174 Å². The lowest BCUT2D eigenvalue weighted by molar-refractivity contribution is -0.388. The molecule has 4 saturated heterocycles. The SMILES string of the molecule is CC1O[C@@H](O[C@@H]2C(CO)O[C@@H](OC3CC[C@@]4(C)C(=CC[C@H]5[C@@H]6CC7OC(O)(CC[C@@H](C)CO)[C@@H](C)[C@@H]7[C@@]6(C)CC[C@@H]54)C3)[C@@H](O[C@@H]3OC(C)[C@H](O)C(O)[C@@H]3O)C2O)[C@@H](O)C(O)[C@H]1O. The number of aliphatic hydroxyl groups is 10. The van der Waals surface area contributed by atoms with E-state index in [-0.39, 0.29) is 41.3 Å². The third kappa shape index (κ3) is 8.07. The van der Waals surface area contributed by atoms with Gasteiger partial charge >= 0.3 is 0 Å². The molecule has 10 N–H and O–H groups in total. The Morgan fingerprint density at radius 1 is 0.742 bits per heavy atom. The molecule has 0 radical (unpaired) electrons. The summed E-state index contributed by atoms with van der Waals surface area (Å²) in [6.07, 6.45) is -12.4. The molecule has 3 saturated carbocycles. The second kappa shape index (κ2) is 17.9. The van der Waals surface area contributed by atoms with E-state index in [1.54, 1.807) is 0 Å². The van der Waals surface area contributed by atoms with Crippen molar-refractivity contribution in [1.82, 2.24) is 0 Å². The van der Waals surface area contributed by atoms with Gasteiger partial charge in [-0.05, 0) is 106 Å². The molecule has 8 aliphatic rings. The summed E-state index contributed by atoms with van der Waals surface area (Å²) in [4.78, 5) is 0. The van der Waals surface area contributed by atoms with Gasteiger partial charge in [0.05, 0.1) is 31.0 Å². The molecular formula is C45H74O17. The smallest absolute Gasteiger partial charge is 0.187 e. The van der Waals surface area contributed by atoms with E-state index >= 15 is 0 Å². The third-order valence-corrected chi connectivity index (χ3v) is 17.4. The van der Waals surface area contributed by atoms with Crippen molar-refractivity contribution < 1.29 is 84.2 Å². The van der Waals surface area contributed by atoms with Gasteiger partial charge in [-0.2, -0.15) is 0 Å². The number of aliphatic hydroxyl groups excluding tert-OH is 9. The lowest BCUT2D eigenvalue weighted by Gasteiger charge is -2.58. The monoisotopic (exact) mass is 886 g/mol. The highest BCUT2D eigenvalue weighted by Gasteiger charge is 2.68. The molecule has 0 amide bonds. The summed E-state index contributed by atoms with van der Waals surface area (Å²) in [5, 5.41) is 107. The van der Waals surface area contributed by atoms with E-state index in [1.807, 2.05) is 6.92 Å². The van der Waals surface area contributed by atoms with Crippen molar-refractivity contribution in [3.05, 3.63) is 11.6 Å². The van der Waals surface area contributed by atoms with Gasteiger partial charge in [-0.1, -0.05) is 39.3 Å². The summed E-state index contributed by atoms with van der Waals surface area (Å²) in [5.74, 6) is 0.570. The number of ether oxygens (including phenoxy) is 7. The molecule has 0 aromatic heterocycles. The number of hydrogen-bond donors (Lipinski definition) is 10. The molecule has 4 aliphatic heterocycles. The first kappa shape index (κ1) is 47.5. The van der Waals surface area contributed by atoms with Gasteiger partial charge in [0.25, 0.3) is 0 Å². The van der Waals surface area contributed by atoms with E-state index < -0.39 is 111 Å². The first-order valence-corrected chi connectivity index (χ1v) is 23.3. The molecule has 9 unspecified atom stereocenters. The van der Waals surface area contributed by atoms with Crippen LogP contribution in [0.5, 0.6) is 0 Å². The zero-order valence-corrected chi connectivity index (χ0v) is 37.0. The fraction of sp³-hybridized carbons (Fsp3) is 0.956. The average molecular weight is 887 g/mol. The van der Waals surface area contributed by atoms with E-state index in [4.69, 9.17) is 33.2 Å². The largest absolute Gasteiger partial charge is 0.396 e. The maximum atomic E-state index is 12.0. The molecule has 356 valence electrons. The fourth-order valence-corrected chi connectivity index (χ4v) is 13.5. The highest BCUT2D eigenvalue weighted by molar-refractivity contribution is 5.26. The van der Waals surface area contributed by atoms with Crippen LogP contribution in [0.25, 0.3) is 0 Å². The van der Waals surface area contributed by atoms with Crippen molar-refractivity contribution in [2.24, 2.45) is 46.3 Å². The number of allylic oxidation sites excluding steroid dienone is 1. The first-order valence-electron chi connectivity index (χ1n) is 23.3. The molecule has 17 heteroatoms. The number of fused-ring (bicyclic) bond motifs is 7. The van der Waals surface area contributed by atoms with Gasteiger partial charge in [0, 0.05) is 18.9 Å². The van der Waals surface area contributed by atoms with Crippen LogP contribution in [0.4, 0.5) is 0 Å². The summed E-state index contributed by atoms with van der Waals surface area (Å²) < 4.78 is 43.1. The zero-order chi connectivity index (χ0) is 44.8. The van der Waals surface area contributed by atoms with Crippen molar-refractivity contribution >= 4 is 0 Å². The Morgan fingerprint density at radius 3 is 1.98 bits per heavy atom. The van der Waals surface area contributed by atoms with Crippen LogP contribution in [-0.2, 0) is 33.2 Å². The van der Waals surface area contributed by atoms with Crippen LogP contribution >= 0.6 is 0 Å². The van der Waals surface area contributed by atoms with Crippen molar-refractivity contribution in [3.8, 4) is 0 Å². The molecule has 4 heterocycles. The van der Waals surface area contributed by atoms with Crippen molar-refractivity contribution in [2.75, 3.05) is 13.2 Å². The Bertz CT molecular complexity index is 1590. The summed E-state index contributed by atoms with van der Waals surface area (Å²) in [5.41, 5.74) is 1.27. The highest BCUT2D eigenvalue weighted by Crippen LogP contribution is 2.70. The van der Waals surface area contributed by atoms with Crippen molar-refractivity contribution in [2.45, 2.75) is 209 Å². The normalized spacial score (nSPS) is 55.7. The van der Waals surface area contributed by atoms with E-state index in [0.717, 1.165) is 32.1 Å². The van der Waals surface area contributed by atoms with Gasteiger partial charge in [-0.3, -0.25) is 0 Å². The van der Waals surface area contributed by atoms with Crippen LogP contribution in [0.15, 0.2) is 11.6 Å². The minimum atomic E-state index is -1.72. The molecule has 0 aromatic carbocycles. The Hall–Kier alpha value is -0.940. The van der Waals surface area contributed by atoms with E-state index in [0.29, 0.717) is 43.4 Å². The first-order chi connectivity index (χ1) is 29.3. The maximum Gasteiger partial charge on any atom is 0.187 e. The second-order valence-electron chi connectivity index (χ2n) is 21.0. The molecule has 4 aliphatic carbocycles. The highest BCUT2D eigenvalue weighted by atomic mass is 16.8. The summed E-state index contributed by atoms with van der Waals surface area (Å²) in [7, 11) is 0. The average Bonchev–Trinajstić information content (AvgIpc) is 3.68. The number of rotatable bonds is 11. The van der Waals surface area contributed by atoms with Gasteiger partial charge in [-0.15, -0.1) is 0 Å². The molecule has 0 bridgehead atoms. The molecule has 17 nitrogen and oxygen atoms in total. The molecule has 62 heavy (non-hydrogen) atoms. The standard InChI is InChI=1S/C45H74O17/c1-19(17-46)9-14-45(55)20(2)30-28(62-45)16-27-25-8-7-23-15-24(10-12-43(23,5)26(25)11-13-44(27,30)6)58-42-39(61-41-36(53)34(51)32(49)22(4)57-41)37(54)38(29(18-47)59-42)60-40-35(52)33(50)31(48)21(3)56-40/h7,19-22,24-42,46-55H,8-18H2,1-6H3/t19-,20+,21?,22?,24?,25-,26+,27+,28?,29?,30+,31+,32+,33?,34?,35+,36+,37?,38-,39+,40+,41+,42-,43+,44+,45?/m1/s1. The third-order valence-electron chi connectivity index (χ3n) is 17.4. The Kier molecular flexibility index (Phi) is 13.8. The van der Waals surface area contributed by atoms with Gasteiger partial charge < -0.3 is 84.2 Å². The van der Waals surface area contributed by atoms with Crippen LogP contribution in [0.3, 0.4) is 0 Å². The number of hydrogen-bond acceptors (Lipinski definition) is 17. The topological polar surface area (TPSA) is 267 Å². The minimum absolute atomic E-state index is 0.00392. The van der Waals surface area contributed by atoms with Gasteiger partial charge in [-0.25, -0.2) is 0 Å². The van der Waals surface area contributed by atoms with Crippen molar-refractivity contribution in [3.63, 3.8) is 0 Å². The van der Waals surface area contributed by atoms with E-state index in [9.17, 15) is 51.1 Å². The molecular weight excluding hydrogens is 812 g/mol. The zero-order valence-electron chi connectivity index (χ0n) is 37.0. The summed E-state index contributed by atoms with van der Waals surface area (Å²) in [6, 6.07) is 0. The van der Waals surface area contributed by atoms with Crippen LogP contribution in [0.2, 0.25) is 0 Å². The van der Waals surface area contributed by atoms with Crippen LogP contribution in [0.1, 0.15) is 99.3 Å². The molecule has 8 rings (SSSR count). The summed E-state index contributed by atoms with van der Waals surface area (Å²) in [6.45, 7) is 11.4. The Balaban J connectivity index is 0.982. The Morgan fingerprint density at radius 2 is 1.37 bits per heavy atom. The summed E-state index contributed by atoms with van der Waals surface area (Å²) >= 11 is 0. The molecule has 0 aromatic rings.